The predicted molar refractivity (Wildman–Crippen MR) is 120 cm³/mol. The Morgan fingerprint density at radius 2 is 1.75 bits per heavy atom. The van der Waals surface area contributed by atoms with Crippen molar-refractivity contribution in [2.24, 2.45) is 0 Å². The molecule has 0 aromatic heterocycles. The number of carbonyl (C=O) groups excluding carboxylic acids is 2. The molecule has 4 rings (SSSR count). The number of ether oxygens (including phenoxy) is 1. The molecule has 32 heavy (non-hydrogen) atoms. The van der Waals surface area contributed by atoms with Gasteiger partial charge in [0.2, 0.25) is 0 Å². The third kappa shape index (κ3) is 3.75. The number of nitrogens with zero attached hydrogens (tertiary/aromatic N) is 1. The highest BCUT2D eigenvalue weighted by Crippen LogP contribution is 2.43. The van der Waals surface area contributed by atoms with E-state index in [1.807, 2.05) is 26.0 Å². The van der Waals surface area contributed by atoms with E-state index in [-0.39, 0.29) is 11.3 Å². The molecule has 162 valence electrons. The van der Waals surface area contributed by atoms with Gasteiger partial charge in [0.05, 0.1) is 18.2 Å². The third-order valence-electron chi connectivity index (χ3n) is 5.42. The third-order valence-corrected chi connectivity index (χ3v) is 5.42. The average Bonchev–Trinajstić information content (AvgIpc) is 3.05. The number of rotatable bonds is 5. The lowest BCUT2D eigenvalue weighted by Crippen LogP contribution is -2.30. The van der Waals surface area contributed by atoms with Crippen molar-refractivity contribution in [1.82, 2.24) is 0 Å². The van der Waals surface area contributed by atoms with Crippen LogP contribution in [-0.2, 0) is 9.59 Å². The molecule has 1 saturated heterocycles. The molecule has 0 aliphatic carbocycles. The molecule has 1 fully saturated rings. The molecule has 0 radical (unpaired) electrons. The summed E-state index contributed by atoms with van der Waals surface area (Å²) in [5, 5.41) is 11.2. The number of Topliss-reactive ketones (excluding diaryl/α,β-unsaturated/α-hetero) is 1. The van der Waals surface area contributed by atoms with Gasteiger partial charge in [-0.1, -0.05) is 42.5 Å². The molecule has 1 N–H and O–H groups in total. The second-order valence-electron chi connectivity index (χ2n) is 7.47. The fraction of sp³-hybridized carbons (Fsp3) is 0.154. The lowest BCUT2D eigenvalue weighted by molar-refractivity contribution is -0.132. The van der Waals surface area contributed by atoms with Crippen LogP contribution in [0.1, 0.15) is 29.7 Å². The Labute approximate surface area is 185 Å². The number of carbonyl (C=O) groups is 2. The van der Waals surface area contributed by atoms with Gasteiger partial charge in [0.15, 0.2) is 0 Å². The van der Waals surface area contributed by atoms with Crippen molar-refractivity contribution >= 4 is 23.1 Å². The van der Waals surface area contributed by atoms with Crippen LogP contribution in [-0.4, -0.2) is 23.4 Å². The molecule has 3 aromatic rings. The molecule has 3 aromatic carbocycles. The van der Waals surface area contributed by atoms with Gasteiger partial charge in [-0.2, -0.15) is 0 Å². The van der Waals surface area contributed by atoms with Crippen LogP contribution >= 0.6 is 0 Å². The van der Waals surface area contributed by atoms with Crippen LogP contribution in [0, 0.1) is 12.7 Å². The molecule has 1 amide bonds. The van der Waals surface area contributed by atoms with E-state index in [4.69, 9.17) is 4.74 Å². The second-order valence-corrected chi connectivity index (χ2v) is 7.47. The molecule has 0 spiro atoms. The predicted octanol–water partition coefficient (Wildman–Crippen LogP) is 5.16. The minimum atomic E-state index is -0.910. The van der Waals surface area contributed by atoms with E-state index >= 15 is 0 Å². The zero-order valence-corrected chi connectivity index (χ0v) is 17.7. The number of aliphatic hydroxyl groups is 1. The van der Waals surface area contributed by atoms with Gasteiger partial charge >= 0.3 is 0 Å². The van der Waals surface area contributed by atoms with Crippen molar-refractivity contribution < 1.29 is 23.8 Å². The molecule has 1 heterocycles. The fourth-order valence-electron chi connectivity index (χ4n) is 3.93. The van der Waals surface area contributed by atoms with E-state index in [1.165, 1.54) is 29.2 Å². The average molecular weight is 431 g/mol. The SMILES string of the molecule is CCOc1cccc(/C(O)=C2/C(=O)C(=O)N(c3ccccc3C)C2c2ccc(F)cc2)c1. The van der Waals surface area contributed by atoms with Crippen LogP contribution < -0.4 is 9.64 Å². The first kappa shape index (κ1) is 21.3. The Hall–Kier alpha value is -3.93. The topological polar surface area (TPSA) is 66.8 Å². The van der Waals surface area contributed by atoms with Crippen LogP contribution in [0.5, 0.6) is 5.75 Å². The van der Waals surface area contributed by atoms with E-state index in [0.717, 1.165) is 5.56 Å². The maximum absolute atomic E-state index is 13.6. The Bertz CT molecular complexity index is 1220. The highest BCUT2D eigenvalue weighted by Gasteiger charge is 2.47. The molecule has 1 atom stereocenters. The van der Waals surface area contributed by atoms with Crippen molar-refractivity contribution in [3.63, 3.8) is 0 Å². The van der Waals surface area contributed by atoms with Gasteiger partial charge in [-0.15, -0.1) is 0 Å². The number of amides is 1. The van der Waals surface area contributed by atoms with Crippen molar-refractivity contribution in [1.29, 1.82) is 0 Å². The highest BCUT2D eigenvalue weighted by atomic mass is 19.1. The molecule has 1 unspecified atom stereocenters. The number of aryl methyl sites for hydroxylation is 1. The standard InChI is InChI=1S/C26H22FNO4/c1-3-32-20-9-6-8-18(15-20)24(29)22-23(17-11-13-19(27)14-12-17)28(26(31)25(22)30)21-10-5-4-7-16(21)2/h4-15,23,29H,3H2,1-2H3/b24-22-. The zero-order chi connectivity index (χ0) is 22.8. The van der Waals surface area contributed by atoms with Gasteiger partial charge in [-0.25, -0.2) is 4.39 Å². The number of halogens is 1. The van der Waals surface area contributed by atoms with Crippen LogP contribution in [0.2, 0.25) is 0 Å². The number of benzene rings is 3. The van der Waals surface area contributed by atoms with Crippen LogP contribution in [0.3, 0.4) is 0 Å². The lowest BCUT2D eigenvalue weighted by Gasteiger charge is -2.26. The summed E-state index contributed by atoms with van der Waals surface area (Å²) < 4.78 is 19.1. The van der Waals surface area contributed by atoms with Crippen molar-refractivity contribution in [2.75, 3.05) is 11.5 Å². The Balaban J connectivity index is 1.94. The first-order valence-corrected chi connectivity index (χ1v) is 10.3. The summed E-state index contributed by atoms with van der Waals surface area (Å²) in [5.41, 5.74) is 2.15. The van der Waals surface area contributed by atoms with E-state index in [9.17, 15) is 19.1 Å². The summed E-state index contributed by atoms with van der Waals surface area (Å²) in [5.74, 6) is -1.78. The molecule has 1 aliphatic heterocycles. The lowest BCUT2D eigenvalue weighted by atomic mass is 9.95. The molecular weight excluding hydrogens is 409 g/mol. The quantitative estimate of drug-likeness (QED) is 0.344. The molecule has 0 saturated carbocycles. The summed E-state index contributed by atoms with van der Waals surface area (Å²) in [7, 11) is 0. The van der Waals surface area contributed by atoms with E-state index in [2.05, 4.69) is 0 Å². The van der Waals surface area contributed by atoms with Crippen LogP contribution in [0.4, 0.5) is 10.1 Å². The number of hydrogen-bond acceptors (Lipinski definition) is 4. The first-order valence-electron chi connectivity index (χ1n) is 10.3. The Kier molecular flexibility index (Phi) is 5.77. The van der Waals surface area contributed by atoms with Gasteiger partial charge in [0, 0.05) is 11.3 Å². The normalized spacial score (nSPS) is 17.6. The maximum atomic E-state index is 13.6. The molecule has 6 heteroatoms. The maximum Gasteiger partial charge on any atom is 0.300 e. The van der Waals surface area contributed by atoms with E-state index in [1.54, 1.807) is 36.4 Å². The largest absolute Gasteiger partial charge is 0.507 e. The summed E-state index contributed by atoms with van der Waals surface area (Å²) in [6.07, 6.45) is 0. The summed E-state index contributed by atoms with van der Waals surface area (Å²) in [6, 6.07) is 18.5. The highest BCUT2D eigenvalue weighted by molar-refractivity contribution is 6.51. The monoisotopic (exact) mass is 431 g/mol. The van der Waals surface area contributed by atoms with E-state index < -0.39 is 23.5 Å². The van der Waals surface area contributed by atoms with Crippen LogP contribution in [0.25, 0.3) is 5.76 Å². The van der Waals surface area contributed by atoms with Crippen LogP contribution in [0.15, 0.2) is 78.4 Å². The van der Waals surface area contributed by atoms with Gasteiger partial charge in [0.1, 0.15) is 17.3 Å². The Morgan fingerprint density at radius 3 is 2.44 bits per heavy atom. The molecule has 5 nitrogen and oxygen atoms in total. The van der Waals surface area contributed by atoms with Gasteiger partial charge in [-0.05, 0) is 55.3 Å². The number of ketones is 1. The minimum Gasteiger partial charge on any atom is -0.507 e. The zero-order valence-electron chi connectivity index (χ0n) is 17.7. The number of anilines is 1. The minimum absolute atomic E-state index is 0.0569. The van der Waals surface area contributed by atoms with Crippen molar-refractivity contribution in [3.8, 4) is 5.75 Å². The first-order chi connectivity index (χ1) is 15.4. The van der Waals surface area contributed by atoms with Gasteiger partial charge in [0.25, 0.3) is 11.7 Å². The van der Waals surface area contributed by atoms with E-state index in [0.29, 0.717) is 29.2 Å². The fourth-order valence-corrected chi connectivity index (χ4v) is 3.93. The van der Waals surface area contributed by atoms with Gasteiger partial charge < -0.3 is 9.84 Å². The molecule has 0 bridgehead atoms. The second kappa shape index (κ2) is 8.67. The summed E-state index contributed by atoms with van der Waals surface area (Å²) >= 11 is 0. The number of hydrogen-bond donors (Lipinski definition) is 1. The van der Waals surface area contributed by atoms with Crippen molar-refractivity contribution in [3.05, 3.63) is 101 Å². The Morgan fingerprint density at radius 1 is 1.03 bits per heavy atom. The number of para-hydroxylation sites is 1. The van der Waals surface area contributed by atoms with Crippen molar-refractivity contribution in [2.45, 2.75) is 19.9 Å². The smallest absolute Gasteiger partial charge is 0.300 e. The summed E-state index contributed by atoms with van der Waals surface area (Å²) in [6.45, 7) is 4.12. The number of aliphatic hydroxyl groups excluding tert-OH is 1. The van der Waals surface area contributed by atoms with Gasteiger partial charge in [-0.3, -0.25) is 14.5 Å². The summed E-state index contributed by atoms with van der Waals surface area (Å²) in [4.78, 5) is 27.7. The molecule has 1 aliphatic rings. The molecular formula is C26H22FNO4.